The highest BCUT2D eigenvalue weighted by Gasteiger charge is 2.17. The fourth-order valence-corrected chi connectivity index (χ4v) is 1.45. The third-order valence-electron chi connectivity index (χ3n) is 2.38. The summed E-state index contributed by atoms with van der Waals surface area (Å²) in [6.07, 6.45) is 0.434. The summed E-state index contributed by atoms with van der Waals surface area (Å²) in [4.78, 5) is 11.3. The van der Waals surface area contributed by atoms with Gasteiger partial charge in [0.05, 0.1) is 7.11 Å². The van der Waals surface area contributed by atoms with Crippen LogP contribution in [0.4, 0.5) is 18.9 Å². The van der Waals surface area contributed by atoms with Gasteiger partial charge in [0.25, 0.3) is 0 Å². The lowest BCUT2D eigenvalue weighted by atomic mass is 10.2. The first-order valence-corrected chi connectivity index (χ1v) is 5.56. The highest BCUT2D eigenvalue weighted by atomic mass is 19.3. The van der Waals surface area contributed by atoms with Crippen molar-refractivity contribution in [2.24, 2.45) is 0 Å². The molecule has 0 aliphatic rings. The van der Waals surface area contributed by atoms with Crippen LogP contribution in [-0.2, 0) is 9.53 Å². The Morgan fingerprint density at radius 2 is 2.11 bits per heavy atom. The summed E-state index contributed by atoms with van der Waals surface area (Å²) in [5.74, 6) is -1.98. The monoisotopic (exact) mass is 277 g/mol. The zero-order chi connectivity index (χ0) is 14.4. The number of halogens is 3. The van der Waals surface area contributed by atoms with E-state index in [-0.39, 0.29) is 5.69 Å². The van der Waals surface area contributed by atoms with Crippen molar-refractivity contribution in [2.45, 2.75) is 26.0 Å². The minimum Gasteiger partial charge on any atom is -0.467 e. The van der Waals surface area contributed by atoms with Gasteiger partial charge in [0.1, 0.15) is 6.04 Å². The van der Waals surface area contributed by atoms with Crippen LogP contribution in [0.2, 0.25) is 0 Å². The molecule has 106 valence electrons. The van der Waals surface area contributed by atoms with E-state index in [2.05, 4.69) is 14.8 Å². The van der Waals surface area contributed by atoms with Crippen molar-refractivity contribution < 1.29 is 27.4 Å². The summed E-state index contributed by atoms with van der Waals surface area (Å²) in [6, 6.07) is 2.75. The van der Waals surface area contributed by atoms with Crippen molar-refractivity contribution in [2.75, 3.05) is 12.4 Å². The number of rotatable bonds is 6. The molecule has 0 radical (unpaired) electrons. The fraction of sp³-hybridized carbons (Fsp3) is 0.417. The number of alkyl halides is 2. The Balaban J connectivity index is 2.80. The Labute approximate surface area is 108 Å². The van der Waals surface area contributed by atoms with Crippen molar-refractivity contribution >= 4 is 11.7 Å². The number of benzene rings is 1. The highest BCUT2D eigenvalue weighted by molar-refractivity contribution is 5.79. The molecule has 19 heavy (non-hydrogen) atoms. The summed E-state index contributed by atoms with van der Waals surface area (Å²) in [5, 5.41) is 2.74. The van der Waals surface area contributed by atoms with Crippen LogP contribution in [0.5, 0.6) is 5.75 Å². The molecule has 1 atom stereocenters. The Morgan fingerprint density at radius 3 is 2.58 bits per heavy atom. The topological polar surface area (TPSA) is 47.6 Å². The summed E-state index contributed by atoms with van der Waals surface area (Å²) >= 11 is 0. The number of esters is 1. The molecule has 0 saturated carbocycles. The van der Waals surface area contributed by atoms with E-state index in [4.69, 9.17) is 0 Å². The van der Waals surface area contributed by atoms with E-state index in [0.29, 0.717) is 6.42 Å². The average Bonchev–Trinajstić information content (AvgIpc) is 2.37. The highest BCUT2D eigenvalue weighted by Crippen LogP contribution is 2.23. The lowest BCUT2D eigenvalue weighted by molar-refractivity contribution is -0.141. The van der Waals surface area contributed by atoms with E-state index in [1.165, 1.54) is 13.2 Å². The Bertz CT molecular complexity index is 440. The van der Waals surface area contributed by atoms with Crippen LogP contribution in [0, 0.1) is 5.82 Å². The number of hydrogen-bond acceptors (Lipinski definition) is 4. The molecule has 1 aromatic carbocycles. The molecular weight excluding hydrogens is 263 g/mol. The van der Waals surface area contributed by atoms with Gasteiger partial charge in [-0.1, -0.05) is 6.92 Å². The normalized spacial score (nSPS) is 12.1. The number of methoxy groups -OCH3 is 1. The quantitative estimate of drug-likeness (QED) is 0.812. The number of ether oxygens (including phenoxy) is 2. The lowest BCUT2D eigenvalue weighted by Crippen LogP contribution is -2.29. The van der Waals surface area contributed by atoms with Gasteiger partial charge >= 0.3 is 12.6 Å². The minimum absolute atomic E-state index is 0.274. The van der Waals surface area contributed by atoms with Crippen LogP contribution in [0.3, 0.4) is 0 Å². The third kappa shape index (κ3) is 4.35. The molecule has 0 heterocycles. The second-order valence-corrected chi connectivity index (χ2v) is 3.65. The van der Waals surface area contributed by atoms with Crippen molar-refractivity contribution in [1.82, 2.24) is 0 Å². The minimum atomic E-state index is -3.09. The molecule has 0 aliphatic heterocycles. The van der Waals surface area contributed by atoms with E-state index in [9.17, 15) is 18.0 Å². The molecule has 1 aromatic rings. The molecule has 0 aliphatic carbocycles. The van der Waals surface area contributed by atoms with Gasteiger partial charge in [-0.05, 0) is 18.6 Å². The maximum atomic E-state index is 13.4. The van der Waals surface area contributed by atoms with Crippen LogP contribution >= 0.6 is 0 Å². The molecule has 0 bridgehead atoms. The van der Waals surface area contributed by atoms with Gasteiger partial charge < -0.3 is 14.8 Å². The maximum Gasteiger partial charge on any atom is 0.387 e. The largest absolute Gasteiger partial charge is 0.467 e. The standard InChI is InChI=1S/C12H14F3NO3/c1-3-9(11(17)18-2)16-7-4-5-10(8(13)6-7)19-12(14)15/h4-6,9,12,16H,3H2,1-2H3. The summed E-state index contributed by atoms with van der Waals surface area (Å²) in [7, 11) is 1.24. The molecule has 1 N–H and O–H groups in total. The molecule has 0 saturated heterocycles. The molecule has 1 unspecified atom stereocenters. The average molecular weight is 277 g/mol. The van der Waals surface area contributed by atoms with Crippen molar-refractivity contribution in [3.63, 3.8) is 0 Å². The van der Waals surface area contributed by atoms with E-state index < -0.39 is 30.2 Å². The summed E-state index contributed by atoms with van der Waals surface area (Å²) < 4.78 is 45.9. The van der Waals surface area contributed by atoms with Crippen molar-refractivity contribution in [3.8, 4) is 5.75 Å². The number of hydrogen-bond donors (Lipinski definition) is 1. The fourth-order valence-electron chi connectivity index (χ4n) is 1.45. The van der Waals surface area contributed by atoms with E-state index in [1.807, 2.05) is 0 Å². The zero-order valence-electron chi connectivity index (χ0n) is 10.5. The van der Waals surface area contributed by atoms with Crippen molar-refractivity contribution in [3.05, 3.63) is 24.0 Å². The second kappa shape index (κ2) is 6.86. The Kier molecular flexibility index (Phi) is 5.47. The Morgan fingerprint density at radius 1 is 1.42 bits per heavy atom. The smallest absolute Gasteiger partial charge is 0.387 e. The van der Waals surface area contributed by atoms with Gasteiger partial charge in [0.15, 0.2) is 11.6 Å². The predicted molar refractivity (Wildman–Crippen MR) is 62.7 cm³/mol. The zero-order valence-corrected chi connectivity index (χ0v) is 10.5. The molecule has 7 heteroatoms. The summed E-state index contributed by atoms with van der Waals surface area (Å²) in [6.45, 7) is -1.34. The van der Waals surface area contributed by atoms with Crippen molar-refractivity contribution in [1.29, 1.82) is 0 Å². The third-order valence-corrected chi connectivity index (χ3v) is 2.38. The van der Waals surface area contributed by atoms with Gasteiger partial charge in [0, 0.05) is 11.8 Å². The first-order chi connectivity index (χ1) is 8.97. The van der Waals surface area contributed by atoms with Gasteiger partial charge in [-0.25, -0.2) is 9.18 Å². The first-order valence-electron chi connectivity index (χ1n) is 5.56. The van der Waals surface area contributed by atoms with Gasteiger partial charge in [-0.3, -0.25) is 0 Å². The van der Waals surface area contributed by atoms with Gasteiger partial charge in [0.2, 0.25) is 0 Å². The number of carbonyl (C=O) groups is 1. The summed E-state index contributed by atoms with van der Waals surface area (Å²) in [5.41, 5.74) is 0.274. The number of carbonyl (C=O) groups excluding carboxylic acids is 1. The maximum absolute atomic E-state index is 13.4. The number of anilines is 1. The molecule has 0 spiro atoms. The van der Waals surface area contributed by atoms with Crippen LogP contribution in [0.1, 0.15) is 13.3 Å². The molecular formula is C12H14F3NO3. The van der Waals surface area contributed by atoms with Crippen LogP contribution in [0.25, 0.3) is 0 Å². The predicted octanol–water partition coefficient (Wildman–Crippen LogP) is 2.79. The molecule has 1 rings (SSSR count). The Hall–Kier alpha value is -1.92. The molecule has 0 amide bonds. The van der Waals surface area contributed by atoms with Gasteiger partial charge in [-0.15, -0.1) is 0 Å². The molecule has 0 aromatic heterocycles. The van der Waals surface area contributed by atoms with E-state index in [1.54, 1.807) is 6.92 Å². The second-order valence-electron chi connectivity index (χ2n) is 3.65. The molecule has 0 fully saturated rings. The number of nitrogens with one attached hydrogen (secondary N) is 1. The van der Waals surface area contributed by atoms with E-state index in [0.717, 1.165) is 12.1 Å². The first kappa shape index (κ1) is 15.1. The lowest BCUT2D eigenvalue weighted by Gasteiger charge is -2.16. The molecule has 4 nitrogen and oxygen atoms in total. The van der Waals surface area contributed by atoms with Crippen LogP contribution in [0.15, 0.2) is 18.2 Å². The van der Waals surface area contributed by atoms with E-state index >= 15 is 0 Å². The van der Waals surface area contributed by atoms with Crippen LogP contribution in [-0.4, -0.2) is 25.7 Å². The van der Waals surface area contributed by atoms with Gasteiger partial charge in [-0.2, -0.15) is 8.78 Å². The SMILES string of the molecule is CCC(Nc1ccc(OC(F)F)c(F)c1)C(=O)OC. The van der Waals surface area contributed by atoms with Crippen LogP contribution < -0.4 is 10.1 Å².